The van der Waals surface area contributed by atoms with Gasteiger partial charge in [0.1, 0.15) is 17.9 Å². The van der Waals surface area contributed by atoms with Crippen molar-refractivity contribution in [3.63, 3.8) is 0 Å². The summed E-state index contributed by atoms with van der Waals surface area (Å²) in [4.78, 5) is 8.89. The molecule has 0 saturated heterocycles. The Balaban J connectivity index is 0.000000711. The summed E-state index contributed by atoms with van der Waals surface area (Å²) in [5, 5.41) is 8.89. The van der Waals surface area contributed by atoms with Crippen LogP contribution in [0.3, 0.4) is 0 Å². The molecule has 1 aromatic rings. The van der Waals surface area contributed by atoms with Crippen LogP contribution in [0.1, 0.15) is 54.9 Å². The fraction of sp³-hybridized carbons (Fsp3) is 0.733. The number of carboxylic acid groups (broad SMARTS) is 1. The van der Waals surface area contributed by atoms with E-state index in [2.05, 4.69) is 69.4 Å². The molecule has 0 unspecified atom stereocenters. The van der Waals surface area contributed by atoms with Crippen LogP contribution >= 0.6 is 0 Å². The molecule has 1 aromatic heterocycles. The summed E-state index contributed by atoms with van der Waals surface area (Å²) in [6.45, 7) is 15.7. The van der Waals surface area contributed by atoms with Crippen LogP contribution in [0.2, 0.25) is 0 Å². The van der Waals surface area contributed by atoms with Crippen LogP contribution in [-0.4, -0.2) is 10.5 Å². The molecule has 0 saturated carbocycles. The number of rotatable bonds is 3. The van der Waals surface area contributed by atoms with Crippen molar-refractivity contribution < 1.29 is 14.5 Å². The van der Waals surface area contributed by atoms with Crippen LogP contribution in [0.5, 0.6) is 0 Å². The van der Waals surface area contributed by atoms with E-state index in [1.54, 1.807) is 0 Å². The molecule has 110 valence electrons. The van der Waals surface area contributed by atoms with Crippen molar-refractivity contribution in [2.75, 3.05) is 0 Å². The highest BCUT2D eigenvalue weighted by Crippen LogP contribution is 2.31. The lowest BCUT2D eigenvalue weighted by molar-refractivity contribution is -0.693. The number of hydrogen-bond acceptors (Lipinski definition) is 2. The van der Waals surface area contributed by atoms with Gasteiger partial charge >= 0.3 is 0 Å². The van der Waals surface area contributed by atoms with Gasteiger partial charge in [-0.25, -0.2) is 9.13 Å². The molecule has 0 aliphatic heterocycles. The van der Waals surface area contributed by atoms with Gasteiger partial charge < -0.3 is 9.90 Å². The molecule has 0 fully saturated rings. The maximum absolute atomic E-state index is 8.89. The van der Waals surface area contributed by atoms with Crippen molar-refractivity contribution >= 4 is 5.97 Å². The van der Waals surface area contributed by atoms with Gasteiger partial charge in [-0.15, -0.1) is 0 Å². The van der Waals surface area contributed by atoms with Gasteiger partial charge in [0.2, 0.25) is 6.33 Å². The van der Waals surface area contributed by atoms with E-state index < -0.39 is 5.97 Å². The average molecular weight is 268 g/mol. The number of hydrogen-bond donors (Lipinski definition) is 0. The lowest BCUT2D eigenvalue weighted by Gasteiger charge is -2.29. The van der Waals surface area contributed by atoms with E-state index in [1.165, 1.54) is 6.42 Å². The smallest absolute Gasteiger partial charge is 0.244 e. The van der Waals surface area contributed by atoms with Crippen LogP contribution in [-0.2, 0) is 16.9 Å². The Labute approximate surface area is 117 Å². The standard InChI is InChI=1S/C13H25N2.C2H4O2/c1-7-14-8-9-15(11-14)13(5,6)10-12(2,3)4;1-2(3)4/h8-9,11H,7,10H2,1-6H3;1H3,(H,3,4)/q+1;/p-1. The van der Waals surface area contributed by atoms with Crippen molar-refractivity contribution in [1.82, 2.24) is 4.57 Å². The van der Waals surface area contributed by atoms with Crippen LogP contribution in [0.25, 0.3) is 0 Å². The van der Waals surface area contributed by atoms with Gasteiger partial charge in [0.15, 0.2) is 0 Å². The topological polar surface area (TPSA) is 48.9 Å². The maximum atomic E-state index is 8.89. The van der Waals surface area contributed by atoms with Gasteiger partial charge in [-0.3, -0.25) is 0 Å². The van der Waals surface area contributed by atoms with E-state index in [-0.39, 0.29) is 5.54 Å². The van der Waals surface area contributed by atoms with E-state index in [9.17, 15) is 0 Å². The van der Waals surface area contributed by atoms with E-state index in [4.69, 9.17) is 9.90 Å². The monoisotopic (exact) mass is 268 g/mol. The number of carbonyl (C=O) groups is 1. The number of carboxylic acids is 1. The predicted molar refractivity (Wildman–Crippen MR) is 74.4 cm³/mol. The first-order valence-corrected chi connectivity index (χ1v) is 6.73. The summed E-state index contributed by atoms with van der Waals surface area (Å²) >= 11 is 0. The maximum Gasteiger partial charge on any atom is 0.244 e. The number of nitrogens with zero attached hydrogens (tertiary/aromatic N) is 2. The van der Waals surface area contributed by atoms with Crippen LogP contribution in [0.4, 0.5) is 0 Å². The molecule has 0 aliphatic rings. The highest BCUT2D eigenvalue weighted by atomic mass is 16.4. The van der Waals surface area contributed by atoms with Crippen molar-refractivity contribution in [1.29, 1.82) is 0 Å². The third kappa shape index (κ3) is 7.65. The lowest BCUT2D eigenvalue weighted by atomic mass is 9.82. The molecule has 0 aliphatic carbocycles. The molecule has 0 bridgehead atoms. The van der Waals surface area contributed by atoms with E-state index in [1.807, 2.05) is 0 Å². The largest absolute Gasteiger partial charge is 0.550 e. The van der Waals surface area contributed by atoms with Crippen LogP contribution in [0, 0.1) is 5.41 Å². The average Bonchev–Trinajstić information content (AvgIpc) is 2.61. The van der Waals surface area contributed by atoms with Crippen molar-refractivity contribution in [2.24, 2.45) is 5.41 Å². The summed E-state index contributed by atoms with van der Waals surface area (Å²) in [5.74, 6) is -1.08. The number of aryl methyl sites for hydroxylation is 1. The van der Waals surface area contributed by atoms with E-state index in [0.29, 0.717) is 5.41 Å². The van der Waals surface area contributed by atoms with Gasteiger partial charge in [0.25, 0.3) is 0 Å². The molecule has 0 N–H and O–H groups in total. The van der Waals surface area contributed by atoms with Crippen molar-refractivity contribution in [3.8, 4) is 0 Å². The van der Waals surface area contributed by atoms with Gasteiger partial charge in [-0.2, -0.15) is 0 Å². The Morgan fingerprint density at radius 3 is 2.05 bits per heavy atom. The zero-order valence-corrected chi connectivity index (χ0v) is 13.4. The molecule has 4 heteroatoms. The number of imidazole rings is 1. The summed E-state index contributed by atoms with van der Waals surface area (Å²) in [6, 6.07) is 0. The fourth-order valence-corrected chi connectivity index (χ4v) is 2.33. The minimum absolute atomic E-state index is 0.193. The molecular weight excluding hydrogens is 240 g/mol. The van der Waals surface area contributed by atoms with Gasteiger partial charge in [-0.05, 0) is 39.5 Å². The molecule has 19 heavy (non-hydrogen) atoms. The summed E-state index contributed by atoms with van der Waals surface area (Å²) < 4.78 is 4.53. The van der Waals surface area contributed by atoms with Crippen molar-refractivity contribution in [3.05, 3.63) is 18.7 Å². The highest BCUT2D eigenvalue weighted by molar-refractivity contribution is 5.60. The highest BCUT2D eigenvalue weighted by Gasteiger charge is 2.31. The molecule has 0 spiro atoms. The molecular formula is C15H28N2O2. The third-order valence-electron chi connectivity index (χ3n) is 2.72. The molecule has 4 nitrogen and oxygen atoms in total. The minimum Gasteiger partial charge on any atom is -0.550 e. The molecule has 1 heterocycles. The quantitative estimate of drug-likeness (QED) is 0.784. The second-order valence-corrected chi connectivity index (χ2v) is 6.69. The zero-order valence-electron chi connectivity index (χ0n) is 13.4. The number of aromatic nitrogens is 2. The number of carbonyl (C=O) groups excluding carboxylic acids is 1. The summed E-state index contributed by atoms with van der Waals surface area (Å²) in [7, 11) is 0. The molecule has 1 rings (SSSR count). The summed E-state index contributed by atoms with van der Waals surface area (Å²) in [5.41, 5.74) is 0.559. The first kappa shape index (κ1) is 17.7. The van der Waals surface area contributed by atoms with E-state index >= 15 is 0 Å². The zero-order chi connectivity index (χ0) is 15.3. The van der Waals surface area contributed by atoms with Crippen molar-refractivity contribution in [2.45, 2.75) is 67.0 Å². The fourth-order valence-electron chi connectivity index (χ4n) is 2.33. The predicted octanol–water partition coefficient (Wildman–Crippen LogP) is 1.72. The second kappa shape index (κ2) is 6.73. The SMILES string of the molecule is CC(=O)[O-].CC[n+]1ccn(C(C)(C)CC(C)(C)C)c1. The Bertz CT molecular complexity index is 397. The molecule has 0 amide bonds. The lowest BCUT2D eigenvalue weighted by Crippen LogP contribution is -2.34. The number of aliphatic carboxylic acids is 1. The van der Waals surface area contributed by atoms with Gasteiger partial charge in [0, 0.05) is 5.97 Å². The normalized spacial score (nSPS) is 11.7. The van der Waals surface area contributed by atoms with Gasteiger partial charge in [0.05, 0.1) is 6.54 Å². The summed E-state index contributed by atoms with van der Waals surface area (Å²) in [6.07, 6.45) is 7.70. The Morgan fingerprint density at radius 1 is 1.26 bits per heavy atom. The molecule has 0 atom stereocenters. The Morgan fingerprint density at radius 2 is 1.74 bits per heavy atom. The van der Waals surface area contributed by atoms with Gasteiger partial charge in [-0.1, -0.05) is 20.8 Å². The second-order valence-electron chi connectivity index (χ2n) is 6.69. The Hall–Kier alpha value is -1.32. The van der Waals surface area contributed by atoms with E-state index in [0.717, 1.165) is 13.5 Å². The van der Waals surface area contributed by atoms with Crippen LogP contribution < -0.4 is 9.67 Å². The molecule has 0 aromatic carbocycles. The molecule has 0 radical (unpaired) electrons. The van der Waals surface area contributed by atoms with Crippen LogP contribution in [0.15, 0.2) is 18.7 Å². The third-order valence-corrected chi connectivity index (χ3v) is 2.72. The minimum atomic E-state index is -1.08. The first-order valence-electron chi connectivity index (χ1n) is 6.73. The Kier molecular flexibility index (Phi) is 6.27. The first-order chi connectivity index (χ1) is 8.48.